The predicted octanol–water partition coefficient (Wildman–Crippen LogP) is 1.05. The van der Waals surface area contributed by atoms with Gasteiger partial charge in [-0.15, -0.1) is 0 Å². The first-order chi connectivity index (χ1) is 8.90. The molecule has 6 nitrogen and oxygen atoms in total. The molecule has 1 aromatic carbocycles. The average Bonchev–Trinajstić information content (AvgIpc) is 2.37. The summed E-state index contributed by atoms with van der Waals surface area (Å²) in [6.45, 7) is 1.28. The number of ether oxygens (including phenoxy) is 2. The second-order valence-electron chi connectivity index (χ2n) is 3.72. The number of hydrogen-bond acceptors (Lipinski definition) is 4. The van der Waals surface area contributed by atoms with Crippen molar-refractivity contribution in [3.05, 3.63) is 23.5 Å². The SMILES string of the molecule is COc1cc(F)c(C(=O)N[C@@H](C)C(=O)O)cc1OC. The summed E-state index contributed by atoms with van der Waals surface area (Å²) >= 11 is 0. The molecule has 0 saturated heterocycles. The molecule has 0 fully saturated rings. The van der Waals surface area contributed by atoms with E-state index >= 15 is 0 Å². The molecule has 0 aliphatic carbocycles. The largest absolute Gasteiger partial charge is 0.493 e. The van der Waals surface area contributed by atoms with Gasteiger partial charge in [-0.3, -0.25) is 9.59 Å². The van der Waals surface area contributed by atoms with Gasteiger partial charge in [0.25, 0.3) is 5.91 Å². The quantitative estimate of drug-likeness (QED) is 0.836. The topological polar surface area (TPSA) is 84.9 Å². The van der Waals surface area contributed by atoms with Crippen molar-refractivity contribution in [2.75, 3.05) is 14.2 Å². The smallest absolute Gasteiger partial charge is 0.325 e. The average molecular weight is 271 g/mol. The normalized spacial score (nSPS) is 11.6. The Bertz CT molecular complexity index is 503. The van der Waals surface area contributed by atoms with Crippen LogP contribution in [-0.4, -0.2) is 37.2 Å². The zero-order valence-electron chi connectivity index (χ0n) is 10.7. The Hall–Kier alpha value is -2.31. The Balaban J connectivity index is 3.06. The summed E-state index contributed by atoms with van der Waals surface area (Å²) in [4.78, 5) is 22.4. The van der Waals surface area contributed by atoms with Gasteiger partial charge in [0, 0.05) is 6.07 Å². The maximum absolute atomic E-state index is 13.7. The van der Waals surface area contributed by atoms with Gasteiger partial charge in [0.05, 0.1) is 19.8 Å². The van der Waals surface area contributed by atoms with Gasteiger partial charge >= 0.3 is 5.97 Å². The zero-order chi connectivity index (χ0) is 14.6. The van der Waals surface area contributed by atoms with Crippen LogP contribution < -0.4 is 14.8 Å². The molecule has 19 heavy (non-hydrogen) atoms. The highest BCUT2D eigenvalue weighted by atomic mass is 19.1. The highest BCUT2D eigenvalue weighted by Crippen LogP contribution is 2.29. The number of carbonyl (C=O) groups excluding carboxylic acids is 1. The number of carbonyl (C=O) groups is 2. The molecule has 0 aromatic heterocycles. The highest BCUT2D eigenvalue weighted by Gasteiger charge is 2.20. The molecule has 104 valence electrons. The molecular formula is C12H14FNO5. The van der Waals surface area contributed by atoms with Crippen LogP contribution in [0.4, 0.5) is 4.39 Å². The molecule has 0 unspecified atom stereocenters. The third kappa shape index (κ3) is 3.34. The van der Waals surface area contributed by atoms with E-state index in [9.17, 15) is 14.0 Å². The lowest BCUT2D eigenvalue weighted by Gasteiger charge is -2.12. The van der Waals surface area contributed by atoms with E-state index in [1.165, 1.54) is 21.1 Å². The molecule has 1 amide bonds. The Morgan fingerprint density at radius 3 is 2.26 bits per heavy atom. The lowest BCUT2D eigenvalue weighted by molar-refractivity contribution is -0.138. The van der Waals surface area contributed by atoms with E-state index in [-0.39, 0.29) is 17.1 Å². The van der Waals surface area contributed by atoms with Crippen LogP contribution in [-0.2, 0) is 4.79 Å². The van der Waals surface area contributed by atoms with Crippen molar-refractivity contribution in [1.29, 1.82) is 0 Å². The third-order valence-electron chi connectivity index (χ3n) is 2.44. The minimum Gasteiger partial charge on any atom is -0.493 e. The monoisotopic (exact) mass is 271 g/mol. The van der Waals surface area contributed by atoms with Gasteiger partial charge in [-0.2, -0.15) is 0 Å². The first kappa shape index (κ1) is 14.7. The van der Waals surface area contributed by atoms with Crippen molar-refractivity contribution in [3.8, 4) is 11.5 Å². The number of rotatable bonds is 5. The molecule has 0 radical (unpaired) electrons. The predicted molar refractivity (Wildman–Crippen MR) is 64.1 cm³/mol. The zero-order valence-corrected chi connectivity index (χ0v) is 10.7. The number of aliphatic carboxylic acids is 1. The van der Waals surface area contributed by atoms with E-state index in [1.54, 1.807) is 0 Å². The van der Waals surface area contributed by atoms with Crippen LogP contribution in [0.15, 0.2) is 12.1 Å². The Labute approximate surface area is 109 Å². The van der Waals surface area contributed by atoms with E-state index in [1.807, 2.05) is 0 Å². The summed E-state index contributed by atoms with van der Waals surface area (Å²) in [6, 6.07) is 1.03. The van der Waals surface area contributed by atoms with Gasteiger partial charge in [-0.25, -0.2) is 4.39 Å². The number of carboxylic acid groups (broad SMARTS) is 1. The maximum atomic E-state index is 13.7. The molecule has 0 saturated carbocycles. The van der Waals surface area contributed by atoms with E-state index in [0.717, 1.165) is 12.1 Å². The van der Waals surface area contributed by atoms with Gasteiger partial charge in [0.15, 0.2) is 11.5 Å². The third-order valence-corrected chi connectivity index (χ3v) is 2.44. The van der Waals surface area contributed by atoms with E-state index in [0.29, 0.717) is 0 Å². The molecule has 1 atom stereocenters. The van der Waals surface area contributed by atoms with Crippen LogP contribution in [0.1, 0.15) is 17.3 Å². The molecule has 0 aliphatic rings. The lowest BCUT2D eigenvalue weighted by Crippen LogP contribution is -2.38. The molecular weight excluding hydrogens is 257 g/mol. The Morgan fingerprint density at radius 2 is 1.79 bits per heavy atom. The van der Waals surface area contributed by atoms with Crippen molar-refractivity contribution < 1.29 is 28.6 Å². The van der Waals surface area contributed by atoms with E-state index < -0.39 is 23.7 Å². The first-order valence-corrected chi connectivity index (χ1v) is 5.35. The van der Waals surface area contributed by atoms with Crippen LogP contribution in [0.3, 0.4) is 0 Å². The molecule has 1 aromatic rings. The van der Waals surface area contributed by atoms with Gasteiger partial charge in [-0.1, -0.05) is 0 Å². The molecule has 0 bridgehead atoms. The fourth-order valence-corrected chi connectivity index (χ4v) is 1.36. The van der Waals surface area contributed by atoms with E-state index in [2.05, 4.69) is 5.32 Å². The van der Waals surface area contributed by atoms with Crippen molar-refractivity contribution in [1.82, 2.24) is 5.32 Å². The summed E-state index contributed by atoms with van der Waals surface area (Å²) in [7, 11) is 2.68. The summed E-state index contributed by atoms with van der Waals surface area (Å²) < 4.78 is 23.5. The molecule has 0 spiro atoms. The molecule has 0 aliphatic heterocycles. The summed E-state index contributed by atoms with van der Waals surface area (Å²) in [6.07, 6.45) is 0. The number of hydrogen-bond donors (Lipinski definition) is 2. The molecule has 2 N–H and O–H groups in total. The lowest BCUT2D eigenvalue weighted by atomic mass is 10.1. The van der Waals surface area contributed by atoms with Gasteiger partial charge in [0.2, 0.25) is 0 Å². The van der Waals surface area contributed by atoms with Crippen molar-refractivity contribution in [2.45, 2.75) is 13.0 Å². The minimum atomic E-state index is -1.21. The van der Waals surface area contributed by atoms with Crippen LogP contribution in [0.2, 0.25) is 0 Å². The maximum Gasteiger partial charge on any atom is 0.325 e. The van der Waals surface area contributed by atoms with Gasteiger partial charge in [0.1, 0.15) is 11.9 Å². The highest BCUT2D eigenvalue weighted by molar-refractivity contribution is 5.97. The second kappa shape index (κ2) is 6.03. The van der Waals surface area contributed by atoms with Gasteiger partial charge < -0.3 is 19.9 Å². The molecule has 1 rings (SSSR count). The fraction of sp³-hybridized carbons (Fsp3) is 0.333. The van der Waals surface area contributed by atoms with Crippen molar-refractivity contribution in [2.24, 2.45) is 0 Å². The standard InChI is InChI=1S/C12H14FNO5/c1-6(12(16)17)14-11(15)7-4-9(18-2)10(19-3)5-8(7)13/h4-6H,1-3H3,(H,14,15)(H,16,17)/t6-/m0/s1. The molecule has 0 heterocycles. The number of carboxylic acids is 1. The van der Waals surface area contributed by atoms with Crippen LogP contribution >= 0.6 is 0 Å². The summed E-state index contributed by atoms with van der Waals surface area (Å²) in [5.74, 6) is -2.56. The van der Waals surface area contributed by atoms with Crippen LogP contribution in [0.25, 0.3) is 0 Å². The molecule has 7 heteroatoms. The van der Waals surface area contributed by atoms with E-state index in [4.69, 9.17) is 14.6 Å². The first-order valence-electron chi connectivity index (χ1n) is 5.35. The fourth-order valence-electron chi connectivity index (χ4n) is 1.36. The van der Waals surface area contributed by atoms with Gasteiger partial charge in [-0.05, 0) is 13.0 Å². The number of benzene rings is 1. The minimum absolute atomic E-state index is 0.142. The van der Waals surface area contributed by atoms with Crippen LogP contribution in [0, 0.1) is 5.82 Å². The summed E-state index contributed by atoms with van der Waals surface area (Å²) in [5, 5.41) is 10.8. The number of nitrogens with one attached hydrogen (secondary N) is 1. The number of halogens is 1. The number of amides is 1. The van der Waals surface area contributed by atoms with Crippen molar-refractivity contribution in [3.63, 3.8) is 0 Å². The number of methoxy groups -OCH3 is 2. The second-order valence-corrected chi connectivity index (χ2v) is 3.72. The summed E-state index contributed by atoms with van der Waals surface area (Å²) in [5.41, 5.74) is -0.314. The Kier molecular flexibility index (Phi) is 4.68. The Morgan fingerprint density at radius 1 is 1.26 bits per heavy atom. The van der Waals surface area contributed by atoms with Crippen LogP contribution in [0.5, 0.6) is 11.5 Å². The van der Waals surface area contributed by atoms with Crippen molar-refractivity contribution >= 4 is 11.9 Å².